The molecule has 1 aliphatic heterocycles. The molecular weight excluding hydrogens is 468 g/mol. The molecule has 1 aliphatic rings. The first kappa shape index (κ1) is 26.0. The van der Waals surface area contributed by atoms with Gasteiger partial charge in [0, 0.05) is 5.69 Å². The summed E-state index contributed by atoms with van der Waals surface area (Å²) < 4.78 is 10.7. The minimum Gasteiger partial charge on any atom is -0.484 e. The van der Waals surface area contributed by atoms with Gasteiger partial charge in [0.1, 0.15) is 12.3 Å². The first-order valence-electron chi connectivity index (χ1n) is 11.2. The van der Waals surface area contributed by atoms with Gasteiger partial charge in [-0.25, -0.2) is 0 Å². The maximum atomic E-state index is 12.6. The number of carbonyl (C=O) groups excluding carboxylic acids is 4. The van der Waals surface area contributed by atoms with Crippen LogP contribution >= 0.6 is 11.8 Å². The molecule has 0 bridgehead atoms. The largest absolute Gasteiger partial charge is 0.484 e. The van der Waals surface area contributed by atoms with Gasteiger partial charge in [0.05, 0.1) is 11.0 Å². The summed E-state index contributed by atoms with van der Waals surface area (Å²) in [5.74, 6) is -0.952. The number of rotatable bonds is 9. The lowest BCUT2D eigenvalue weighted by molar-refractivity contribution is -0.150. The van der Waals surface area contributed by atoms with Crippen molar-refractivity contribution in [3.63, 3.8) is 0 Å². The normalized spacial score (nSPS) is 15.3. The summed E-state index contributed by atoms with van der Waals surface area (Å²) in [7, 11) is 0. The van der Waals surface area contributed by atoms with Gasteiger partial charge >= 0.3 is 5.97 Å². The van der Waals surface area contributed by atoms with Crippen molar-refractivity contribution >= 4 is 46.5 Å². The van der Waals surface area contributed by atoms with Crippen molar-refractivity contribution in [2.45, 2.75) is 40.2 Å². The van der Waals surface area contributed by atoms with Gasteiger partial charge < -0.3 is 14.8 Å². The molecule has 3 amide bonds. The lowest BCUT2D eigenvalue weighted by atomic mass is 10.1. The van der Waals surface area contributed by atoms with Crippen molar-refractivity contribution in [1.82, 2.24) is 4.90 Å². The standard InChI is InChI=1S/C26H28N2O6S/c1-5-18(4)34-24(30)14-28-25(31)22(35-26(28)32)13-19-7-10-21(11-8-19)33-15-23(29)27-20-9-6-16(2)17(3)12-20/h6-13,18H,5,14-15H2,1-4H3,(H,27,29)/b22-13-/t18-/m1/s1. The first-order chi connectivity index (χ1) is 16.7. The predicted octanol–water partition coefficient (Wildman–Crippen LogP) is 4.70. The number of esters is 1. The molecule has 2 aromatic carbocycles. The Labute approximate surface area is 208 Å². The Morgan fingerprint density at radius 1 is 1.09 bits per heavy atom. The summed E-state index contributed by atoms with van der Waals surface area (Å²) in [4.78, 5) is 50.0. The summed E-state index contributed by atoms with van der Waals surface area (Å²) in [5, 5.41) is 2.28. The highest BCUT2D eigenvalue weighted by molar-refractivity contribution is 8.18. The number of amides is 3. The highest BCUT2D eigenvalue weighted by Crippen LogP contribution is 2.32. The molecule has 9 heteroatoms. The number of hydrogen-bond acceptors (Lipinski definition) is 7. The number of benzene rings is 2. The maximum absolute atomic E-state index is 12.6. The Morgan fingerprint density at radius 3 is 2.46 bits per heavy atom. The topological polar surface area (TPSA) is 102 Å². The number of nitrogens with zero attached hydrogens (tertiary/aromatic N) is 1. The fourth-order valence-corrected chi connectivity index (χ4v) is 3.93. The average Bonchev–Trinajstić information content (AvgIpc) is 3.08. The van der Waals surface area contributed by atoms with Crippen LogP contribution in [0, 0.1) is 13.8 Å². The van der Waals surface area contributed by atoms with Crippen LogP contribution in [0.15, 0.2) is 47.4 Å². The average molecular weight is 497 g/mol. The van der Waals surface area contributed by atoms with Crippen LogP contribution < -0.4 is 10.1 Å². The zero-order chi connectivity index (χ0) is 25.5. The van der Waals surface area contributed by atoms with Gasteiger partial charge in [-0.2, -0.15) is 0 Å². The fraction of sp³-hybridized carbons (Fsp3) is 0.308. The van der Waals surface area contributed by atoms with Gasteiger partial charge in [-0.15, -0.1) is 0 Å². The van der Waals surface area contributed by atoms with Crippen LogP contribution in [0.1, 0.15) is 37.0 Å². The van der Waals surface area contributed by atoms with Crippen molar-refractivity contribution in [1.29, 1.82) is 0 Å². The summed E-state index contributed by atoms with van der Waals surface area (Å²) in [6.07, 6.45) is 1.93. The summed E-state index contributed by atoms with van der Waals surface area (Å²) in [6, 6.07) is 12.4. The van der Waals surface area contributed by atoms with E-state index in [1.807, 2.05) is 39.0 Å². The van der Waals surface area contributed by atoms with E-state index in [4.69, 9.17) is 9.47 Å². The molecule has 0 aromatic heterocycles. The van der Waals surface area contributed by atoms with Crippen LogP contribution in [-0.2, 0) is 19.1 Å². The van der Waals surface area contributed by atoms with E-state index < -0.39 is 23.7 Å². The SMILES string of the molecule is CC[C@@H](C)OC(=O)CN1C(=O)S/C(=C\c2ccc(OCC(=O)Nc3ccc(C)c(C)c3)cc2)C1=O. The van der Waals surface area contributed by atoms with E-state index in [0.29, 0.717) is 23.4 Å². The Balaban J connectivity index is 1.54. The van der Waals surface area contributed by atoms with Crippen molar-refractivity contribution in [3.05, 3.63) is 64.1 Å². The highest BCUT2D eigenvalue weighted by atomic mass is 32.2. The Kier molecular flexibility index (Phi) is 8.70. The van der Waals surface area contributed by atoms with Crippen molar-refractivity contribution < 1.29 is 28.7 Å². The highest BCUT2D eigenvalue weighted by Gasteiger charge is 2.36. The Morgan fingerprint density at radius 2 is 1.80 bits per heavy atom. The van der Waals surface area contributed by atoms with Gasteiger partial charge in [-0.3, -0.25) is 24.1 Å². The van der Waals surface area contributed by atoms with Crippen LogP contribution in [0.4, 0.5) is 10.5 Å². The summed E-state index contributed by atoms with van der Waals surface area (Å²) >= 11 is 0.771. The number of nitrogens with one attached hydrogen (secondary N) is 1. The molecule has 35 heavy (non-hydrogen) atoms. The predicted molar refractivity (Wildman–Crippen MR) is 135 cm³/mol. The van der Waals surface area contributed by atoms with E-state index in [2.05, 4.69) is 5.32 Å². The monoisotopic (exact) mass is 496 g/mol. The molecule has 3 rings (SSSR count). The third kappa shape index (κ3) is 7.19. The summed E-state index contributed by atoms with van der Waals surface area (Å²) in [6.45, 7) is 7.03. The summed E-state index contributed by atoms with van der Waals surface area (Å²) in [5.41, 5.74) is 3.61. The van der Waals surface area contributed by atoms with Gasteiger partial charge in [0.2, 0.25) is 0 Å². The lowest BCUT2D eigenvalue weighted by Gasteiger charge is -2.14. The molecule has 1 heterocycles. The molecule has 0 spiro atoms. The molecule has 0 unspecified atom stereocenters. The van der Waals surface area contributed by atoms with Crippen LogP contribution in [-0.4, -0.2) is 47.2 Å². The molecule has 0 saturated carbocycles. The lowest BCUT2D eigenvalue weighted by Crippen LogP contribution is -2.35. The van der Waals surface area contributed by atoms with Crippen LogP contribution in [0.5, 0.6) is 5.75 Å². The first-order valence-corrected chi connectivity index (χ1v) is 12.0. The zero-order valence-electron chi connectivity index (χ0n) is 20.1. The minimum atomic E-state index is -0.619. The zero-order valence-corrected chi connectivity index (χ0v) is 20.9. The van der Waals surface area contributed by atoms with Gasteiger partial charge in [0.15, 0.2) is 6.61 Å². The molecule has 184 valence electrons. The fourth-order valence-electron chi connectivity index (χ4n) is 3.09. The molecule has 0 radical (unpaired) electrons. The van der Waals surface area contributed by atoms with E-state index >= 15 is 0 Å². The van der Waals surface area contributed by atoms with E-state index in [-0.39, 0.29) is 23.5 Å². The second kappa shape index (κ2) is 11.7. The number of imide groups is 1. The third-order valence-electron chi connectivity index (χ3n) is 5.41. The molecule has 2 aromatic rings. The van der Waals surface area contributed by atoms with Crippen molar-refractivity contribution in [3.8, 4) is 5.75 Å². The molecule has 1 N–H and O–H groups in total. The molecule has 1 atom stereocenters. The number of ether oxygens (including phenoxy) is 2. The van der Waals surface area contributed by atoms with Crippen LogP contribution in [0.2, 0.25) is 0 Å². The van der Waals surface area contributed by atoms with E-state index in [0.717, 1.165) is 27.8 Å². The number of carbonyl (C=O) groups is 4. The molecular formula is C26H28N2O6S. The second-order valence-corrected chi connectivity index (χ2v) is 9.17. The van der Waals surface area contributed by atoms with Crippen LogP contribution in [0.3, 0.4) is 0 Å². The maximum Gasteiger partial charge on any atom is 0.326 e. The second-order valence-electron chi connectivity index (χ2n) is 8.18. The van der Waals surface area contributed by atoms with Gasteiger partial charge in [0.25, 0.3) is 17.1 Å². The Hall–Kier alpha value is -3.59. The molecule has 8 nitrogen and oxygen atoms in total. The van der Waals surface area contributed by atoms with E-state index in [1.165, 1.54) is 0 Å². The third-order valence-corrected chi connectivity index (χ3v) is 6.31. The van der Waals surface area contributed by atoms with Crippen molar-refractivity contribution in [2.24, 2.45) is 0 Å². The number of anilines is 1. The number of aryl methyl sites for hydroxylation is 2. The van der Waals surface area contributed by atoms with E-state index in [9.17, 15) is 19.2 Å². The quantitative estimate of drug-likeness (QED) is 0.397. The molecule has 1 fully saturated rings. The van der Waals surface area contributed by atoms with Gasteiger partial charge in [-0.1, -0.05) is 25.1 Å². The number of thioether (sulfide) groups is 1. The number of hydrogen-bond donors (Lipinski definition) is 1. The van der Waals surface area contributed by atoms with Gasteiger partial charge in [-0.05, 0) is 86.0 Å². The van der Waals surface area contributed by atoms with E-state index in [1.54, 1.807) is 37.3 Å². The minimum absolute atomic E-state index is 0.155. The van der Waals surface area contributed by atoms with Crippen LogP contribution in [0.25, 0.3) is 6.08 Å². The molecule has 1 saturated heterocycles. The smallest absolute Gasteiger partial charge is 0.326 e. The Bertz CT molecular complexity index is 1160. The van der Waals surface area contributed by atoms with Crippen molar-refractivity contribution in [2.75, 3.05) is 18.5 Å². The molecule has 0 aliphatic carbocycles.